The van der Waals surface area contributed by atoms with E-state index in [9.17, 15) is 13.6 Å². The van der Waals surface area contributed by atoms with Crippen LogP contribution in [0.2, 0.25) is 0 Å². The minimum Gasteiger partial charge on any atom is -0.351 e. The second-order valence-electron chi connectivity index (χ2n) is 5.46. The maximum Gasteiger partial charge on any atom is 0.319 e. The highest BCUT2D eigenvalue weighted by molar-refractivity contribution is 5.97. The lowest BCUT2D eigenvalue weighted by Gasteiger charge is -2.16. The van der Waals surface area contributed by atoms with Gasteiger partial charge in [0.2, 0.25) is 0 Å². The minimum absolute atomic E-state index is 0.00453. The number of nitrogens with zero attached hydrogens (tertiary/aromatic N) is 3. The number of carbonyl (C=O) groups is 1. The van der Waals surface area contributed by atoms with Gasteiger partial charge in [-0.05, 0) is 24.6 Å². The van der Waals surface area contributed by atoms with E-state index in [1.807, 2.05) is 25.1 Å². The van der Waals surface area contributed by atoms with Crippen molar-refractivity contribution < 1.29 is 13.6 Å². The van der Waals surface area contributed by atoms with Crippen molar-refractivity contribution >= 4 is 16.8 Å². The Hall–Kier alpha value is -2.70. The lowest BCUT2D eigenvalue weighted by atomic mass is 10.2. The van der Waals surface area contributed by atoms with E-state index in [2.05, 4.69) is 9.97 Å². The number of rotatable bonds is 4. The lowest BCUT2D eigenvalue weighted by Crippen LogP contribution is -2.28. The van der Waals surface area contributed by atoms with E-state index in [1.165, 1.54) is 17.3 Å². The Labute approximate surface area is 131 Å². The first-order valence-corrected chi connectivity index (χ1v) is 7.10. The predicted molar refractivity (Wildman–Crippen MR) is 82.3 cm³/mol. The summed E-state index contributed by atoms with van der Waals surface area (Å²) in [5.74, 6) is -0.134. The highest BCUT2D eigenvalue weighted by atomic mass is 19.3. The fourth-order valence-electron chi connectivity index (χ4n) is 2.49. The van der Waals surface area contributed by atoms with Crippen molar-refractivity contribution in [3.8, 4) is 0 Å². The Morgan fingerprint density at radius 2 is 2.17 bits per heavy atom. The number of carbonyl (C=O) groups excluding carboxylic acids is 1. The number of aryl methyl sites for hydroxylation is 1. The zero-order valence-corrected chi connectivity index (χ0v) is 12.8. The Morgan fingerprint density at radius 1 is 1.39 bits per heavy atom. The van der Waals surface area contributed by atoms with Crippen LogP contribution in [-0.4, -0.2) is 32.4 Å². The first kappa shape index (κ1) is 15.2. The molecule has 0 aliphatic rings. The van der Waals surface area contributed by atoms with Crippen LogP contribution in [0.3, 0.4) is 0 Å². The zero-order chi connectivity index (χ0) is 16.6. The van der Waals surface area contributed by atoms with Crippen LogP contribution >= 0.6 is 0 Å². The second-order valence-corrected chi connectivity index (χ2v) is 5.46. The second kappa shape index (κ2) is 5.83. The van der Waals surface area contributed by atoms with Gasteiger partial charge in [-0.3, -0.25) is 9.36 Å². The third kappa shape index (κ3) is 2.94. The summed E-state index contributed by atoms with van der Waals surface area (Å²) in [4.78, 5) is 20.8. The van der Waals surface area contributed by atoms with E-state index in [4.69, 9.17) is 0 Å². The predicted octanol–water partition coefficient (Wildman–Crippen LogP) is 3.34. The molecule has 23 heavy (non-hydrogen) atoms. The highest BCUT2D eigenvalue weighted by Crippen LogP contribution is 2.19. The number of hydrogen-bond acceptors (Lipinski definition) is 2. The number of nitrogens with one attached hydrogen (secondary N) is 1. The number of amides is 1. The summed E-state index contributed by atoms with van der Waals surface area (Å²) >= 11 is 0. The molecule has 0 aliphatic heterocycles. The molecule has 0 fully saturated rings. The third-order valence-corrected chi connectivity index (χ3v) is 3.69. The number of halogens is 2. The van der Waals surface area contributed by atoms with Gasteiger partial charge in [-0.1, -0.05) is 12.1 Å². The molecule has 0 bridgehead atoms. The largest absolute Gasteiger partial charge is 0.351 e. The van der Waals surface area contributed by atoms with Crippen LogP contribution in [0.1, 0.15) is 28.4 Å². The molecule has 1 N–H and O–H groups in total. The van der Waals surface area contributed by atoms with E-state index in [-0.39, 0.29) is 18.3 Å². The van der Waals surface area contributed by atoms with Crippen molar-refractivity contribution in [2.45, 2.75) is 20.0 Å². The van der Waals surface area contributed by atoms with Gasteiger partial charge in [-0.2, -0.15) is 8.78 Å². The molecule has 3 aromatic rings. The van der Waals surface area contributed by atoms with Gasteiger partial charge in [0.05, 0.1) is 6.54 Å². The summed E-state index contributed by atoms with van der Waals surface area (Å²) in [5.41, 5.74) is 2.38. The van der Waals surface area contributed by atoms with E-state index >= 15 is 0 Å². The Balaban J connectivity index is 1.82. The molecule has 0 aliphatic carbocycles. The van der Waals surface area contributed by atoms with E-state index in [1.54, 1.807) is 13.1 Å². The van der Waals surface area contributed by atoms with Crippen LogP contribution in [0.15, 0.2) is 36.7 Å². The average molecular weight is 318 g/mol. The van der Waals surface area contributed by atoms with Crippen molar-refractivity contribution in [1.29, 1.82) is 0 Å². The lowest BCUT2D eigenvalue weighted by molar-refractivity contribution is 0.0611. The van der Waals surface area contributed by atoms with E-state index in [0.29, 0.717) is 5.69 Å². The van der Waals surface area contributed by atoms with E-state index in [0.717, 1.165) is 21.0 Å². The maximum absolute atomic E-state index is 12.8. The summed E-state index contributed by atoms with van der Waals surface area (Å²) in [5, 5.41) is 0.932. The molecular formula is C16H16F2N4O. The number of alkyl halides is 2. The van der Waals surface area contributed by atoms with Crippen LogP contribution in [0.25, 0.3) is 10.9 Å². The molecule has 120 valence electrons. The van der Waals surface area contributed by atoms with Crippen molar-refractivity contribution in [3.63, 3.8) is 0 Å². The van der Waals surface area contributed by atoms with Crippen LogP contribution in [-0.2, 0) is 6.54 Å². The molecule has 1 aromatic carbocycles. The smallest absolute Gasteiger partial charge is 0.319 e. The first-order chi connectivity index (χ1) is 11.0. The average Bonchev–Trinajstić information content (AvgIpc) is 3.12. The summed E-state index contributed by atoms with van der Waals surface area (Å²) in [6, 6.07) is 7.61. The van der Waals surface area contributed by atoms with Gasteiger partial charge < -0.3 is 9.88 Å². The van der Waals surface area contributed by atoms with Crippen LogP contribution in [0.5, 0.6) is 0 Å². The Kier molecular flexibility index (Phi) is 3.85. The summed E-state index contributed by atoms with van der Waals surface area (Å²) in [6.07, 6.45) is 2.50. The van der Waals surface area contributed by atoms with Crippen LogP contribution in [0, 0.1) is 6.92 Å². The van der Waals surface area contributed by atoms with Gasteiger partial charge in [0.25, 0.3) is 5.91 Å². The molecule has 3 rings (SSSR count). The number of H-pyrrole nitrogens is 1. The Morgan fingerprint density at radius 3 is 2.91 bits per heavy atom. The normalized spacial score (nSPS) is 11.3. The van der Waals surface area contributed by atoms with Gasteiger partial charge in [-0.25, -0.2) is 4.98 Å². The fourth-order valence-corrected chi connectivity index (χ4v) is 2.49. The molecule has 0 saturated carbocycles. The quantitative estimate of drug-likeness (QED) is 0.802. The number of benzene rings is 1. The number of imidazole rings is 1. The monoisotopic (exact) mass is 318 g/mol. The molecule has 0 atom stereocenters. The van der Waals surface area contributed by atoms with Crippen LogP contribution < -0.4 is 0 Å². The minimum atomic E-state index is -2.67. The summed E-state index contributed by atoms with van der Waals surface area (Å²) < 4.78 is 26.4. The third-order valence-electron chi connectivity index (χ3n) is 3.69. The molecule has 0 saturated heterocycles. The number of hydrogen-bond donors (Lipinski definition) is 1. The fraction of sp³-hybridized carbons (Fsp3) is 0.250. The SMILES string of the molecule is Cc1ccc2cc(C(=O)N(C)Cc3nccn3C(F)F)[nH]c2c1. The molecule has 2 heterocycles. The van der Waals surface area contributed by atoms with Crippen molar-refractivity contribution in [2.75, 3.05) is 7.05 Å². The number of aromatic nitrogens is 3. The summed E-state index contributed by atoms with van der Waals surface area (Å²) in [6.45, 7) is -0.699. The van der Waals surface area contributed by atoms with Gasteiger partial charge in [0, 0.05) is 30.3 Å². The van der Waals surface area contributed by atoms with Crippen molar-refractivity contribution in [2.24, 2.45) is 0 Å². The summed E-state index contributed by atoms with van der Waals surface area (Å²) in [7, 11) is 1.56. The molecule has 1 amide bonds. The van der Waals surface area contributed by atoms with Gasteiger partial charge >= 0.3 is 6.55 Å². The topological polar surface area (TPSA) is 53.9 Å². The molecule has 5 nitrogen and oxygen atoms in total. The molecule has 7 heteroatoms. The van der Waals surface area contributed by atoms with E-state index < -0.39 is 6.55 Å². The zero-order valence-electron chi connectivity index (χ0n) is 12.8. The molecule has 0 radical (unpaired) electrons. The van der Waals surface area contributed by atoms with Crippen molar-refractivity contribution in [3.05, 3.63) is 53.7 Å². The van der Waals surface area contributed by atoms with Gasteiger partial charge in [-0.15, -0.1) is 0 Å². The molecule has 2 aromatic heterocycles. The number of fused-ring (bicyclic) bond motifs is 1. The molecule has 0 unspecified atom stereocenters. The molecular weight excluding hydrogens is 302 g/mol. The Bertz CT molecular complexity index is 853. The first-order valence-electron chi connectivity index (χ1n) is 7.10. The maximum atomic E-state index is 12.8. The number of aromatic amines is 1. The van der Waals surface area contributed by atoms with Crippen LogP contribution in [0.4, 0.5) is 8.78 Å². The van der Waals surface area contributed by atoms with Crippen molar-refractivity contribution in [1.82, 2.24) is 19.4 Å². The van der Waals surface area contributed by atoms with Gasteiger partial charge in [0.15, 0.2) is 0 Å². The highest BCUT2D eigenvalue weighted by Gasteiger charge is 2.18. The standard InChI is InChI=1S/C16H16F2N4O/c1-10-3-4-11-8-13(20-12(11)7-10)15(23)21(2)9-14-19-5-6-22(14)16(17)18/h3-8,16,20H,9H2,1-2H3. The molecule has 0 spiro atoms. The van der Waals surface area contributed by atoms with Gasteiger partial charge in [0.1, 0.15) is 11.5 Å².